The number of piperazine rings is 1. The summed E-state index contributed by atoms with van der Waals surface area (Å²) in [5.41, 5.74) is 7.33. The number of nitrogens with zero attached hydrogens (tertiary/aromatic N) is 3. The standard InChI is InChI=1S/C20H31N5O2/c1-15-12-17(19(21)26)5-6-18(15)22-20(27)25-7-3-4-16(14-25)13-24-10-8-23(2)9-11-24/h5-6,12,16H,3-4,7-11,13-14H2,1-2H3,(H2,21,26)(H,22,27). The molecule has 2 fully saturated rings. The maximum atomic E-state index is 12.7. The maximum Gasteiger partial charge on any atom is 0.321 e. The lowest BCUT2D eigenvalue weighted by molar-refractivity contribution is 0.1000. The number of urea groups is 1. The minimum absolute atomic E-state index is 0.0620. The monoisotopic (exact) mass is 373 g/mol. The number of piperidine rings is 1. The molecular formula is C20H31N5O2. The zero-order valence-electron chi connectivity index (χ0n) is 16.4. The Hall–Kier alpha value is -2.12. The van der Waals surface area contributed by atoms with E-state index in [0.29, 0.717) is 11.5 Å². The summed E-state index contributed by atoms with van der Waals surface area (Å²) in [5, 5.41) is 2.99. The van der Waals surface area contributed by atoms with Crippen LogP contribution in [0.3, 0.4) is 0 Å². The summed E-state index contributed by atoms with van der Waals surface area (Å²) in [6, 6.07) is 5.05. The molecule has 2 aliphatic rings. The number of nitrogens with two attached hydrogens (primary N) is 1. The van der Waals surface area contributed by atoms with E-state index in [1.165, 1.54) is 6.42 Å². The van der Waals surface area contributed by atoms with Crippen LogP contribution in [-0.4, -0.2) is 79.5 Å². The number of rotatable bonds is 4. The Kier molecular flexibility index (Phi) is 6.34. The molecule has 0 radical (unpaired) electrons. The molecule has 0 spiro atoms. The molecule has 2 aliphatic heterocycles. The summed E-state index contributed by atoms with van der Waals surface area (Å²) >= 11 is 0. The first-order chi connectivity index (χ1) is 12.9. The number of likely N-dealkylation sites (tertiary alicyclic amines) is 1. The Labute approximate surface area is 161 Å². The number of likely N-dealkylation sites (N-methyl/N-ethyl adjacent to an activating group) is 1. The van der Waals surface area contributed by atoms with Gasteiger partial charge in [-0.2, -0.15) is 0 Å². The van der Waals surface area contributed by atoms with Crippen molar-refractivity contribution in [2.24, 2.45) is 11.7 Å². The van der Waals surface area contributed by atoms with E-state index in [0.717, 1.165) is 63.5 Å². The largest absolute Gasteiger partial charge is 0.366 e. The Morgan fingerprint density at radius 2 is 1.93 bits per heavy atom. The number of hydrogen-bond donors (Lipinski definition) is 2. The highest BCUT2D eigenvalue weighted by Gasteiger charge is 2.26. The minimum Gasteiger partial charge on any atom is -0.366 e. The molecule has 7 heteroatoms. The molecule has 0 aromatic heterocycles. The minimum atomic E-state index is -0.459. The molecule has 3 amide bonds. The van der Waals surface area contributed by atoms with E-state index in [9.17, 15) is 9.59 Å². The zero-order valence-corrected chi connectivity index (χ0v) is 16.4. The molecule has 2 saturated heterocycles. The van der Waals surface area contributed by atoms with Crippen LogP contribution in [0.15, 0.2) is 18.2 Å². The van der Waals surface area contributed by atoms with E-state index in [2.05, 4.69) is 22.2 Å². The fourth-order valence-corrected chi connectivity index (χ4v) is 3.95. The quantitative estimate of drug-likeness (QED) is 0.840. The molecule has 0 saturated carbocycles. The highest BCUT2D eigenvalue weighted by molar-refractivity contribution is 5.95. The van der Waals surface area contributed by atoms with Gasteiger partial charge in [-0.05, 0) is 56.5 Å². The van der Waals surface area contributed by atoms with Crippen molar-refractivity contribution in [2.45, 2.75) is 19.8 Å². The number of hydrogen-bond acceptors (Lipinski definition) is 4. The molecule has 1 unspecified atom stereocenters. The van der Waals surface area contributed by atoms with E-state index < -0.39 is 5.91 Å². The van der Waals surface area contributed by atoms with E-state index in [1.54, 1.807) is 18.2 Å². The molecule has 0 aliphatic carbocycles. The molecule has 7 nitrogen and oxygen atoms in total. The number of nitrogens with one attached hydrogen (secondary N) is 1. The highest BCUT2D eigenvalue weighted by Crippen LogP contribution is 2.21. The van der Waals surface area contributed by atoms with Crippen LogP contribution in [0.5, 0.6) is 0 Å². The summed E-state index contributed by atoms with van der Waals surface area (Å²) in [7, 11) is 2.17. The van der Waals surface area contributed by atoms with E-state index in [-0.39, 0.29) is 6.03 Å². The molecule has 27 heavy (non-hydrogen) atoms. The van der Waals surface area contributed by atoms with Crippen LogP contribution in [0.25, 0.3) is 0 Å². The Balaban J connectivity index is 1.54. The first-order valence-electron chi connectivity index (χ1n) is 9.79. The normalized spacial score (nSPS) is 21.9. The van der Waals surface area contributed by atoms with Crippen LogP contribution in [0.4, 0.5) is 10.5 Å². The lowest BCUT2D eigenvalue weighted by Crippen LogP contribution is -2.49. The average molecular weight is 374 g/mol. The molecular weight excluding hydrogens is 342 g/mol. The van der Waals surface area contributed by atoms with Crippen molar-refractivity contribution in [1.82, 2.24) is 14.7 Å². The fourth-order valence-electron chi connectivity index (χ4n) is 3.95. The van der Waals surface area contributed by atoms with Crippen molar-refractivity contribution in [3.8, 4) is 0 Å². The van der Waals surface area contributed by atoms with E-state index in [1.807, 2.05) is 11.8 Å². The summed E-state index contributed by atoms with van der Waals surface area (Å²) in [5.74, 6) is 0.0741. The van der Waals surface area contributed by atoms with E-state index in [4.69, 9.17) is 5.73 Å². The van der Waals surface area contributed by atoms with Crippen molar-refractivity contribution in [2.75, 3.05) is 58.2 Å². The molecule has 0 bridgehead atoms. The molecule has 3 rings (SSSR count). The van der Waals surface area contributed by atoms with E-state index >= 15 is 0 Å². The van der Waals surface area contributed by atoms with Crippen LogP contribution < -0.4 is 11.1 Å². The van der Waals surface area contributed by atoms with Crippen LogP contribution in [-0.2, 0) is 0 Å². The predicted octanol–water partition coefficient (Wildman–Crippen LogP) is 1.59. The Morgan fingerprint density at radius 3 is 2.59 bits per heavy atom. The lowest BCUT2D eigenvalue weighted by atomic mass is 9.97. The van der Waals surface area contributed by atoms with Crippen molar-refractivity contribution in [3.63, 3.8) is 0 Å². The number of primary amides is 1. The molecule has 3 N–H and O–H groups in total. The summed E-state index contributed by atoms with van der Waals surface area (Å²) in [6.45, 7) is 9.02. The van der Waals surface area contributed by atoms with Gasteiger partial charge in [-0.3, -0.25) is 4.79 Å². The van der Waals surface area contributed by atoms with Crippen molar-refractivity contribution >= 4 is 17.6 Å². The average Bonchev–Trinajstić information content (AvgIpc) is 2.65. The topological polar surface area (TPSA) is 81.9 Å². The second-order valence-corrected chi connectivity index (χ2v) is 7.88. The Bertz CT molecular complexity index is 685. The number of anilines is 1. The van der Waals surface area contributed by atoms with Gasteiger partial charge in [0.15, 0.2) is 0 Å². The smallest absolute Gasteiger partial charge is 0.321 e. The first kappa shape index (κ1) is 19.6. The summed E-state index contributed by atoms with van der Waals surface area (Å²) in [6.07, 6.45) is 2.23. The maximum absolute atomic E-state index is 12.7. The predicted molar refractivity (Wildman–Crippen MR) is 107 cm³/mol. The van der Waals surface area contributed by atoms with Gasteiger partial charge in [0.1, 0.15) is 0 Å². The van der Waals surface area contributed by atoms with Gasteiger partial charge < -0.3 is 25.8 Å². The number of carbonyl (C=O) groups excluding carboxylic acids is 2. The number of benzene rings is 1. The van der Waals surface area contributed by atoms with Gasteiger partial charge in [0.05, 0.1) is 0 Å². The van der Waals surface area contributed by atoms with Gasteiger partial charge in [-0.15, -0.1) is 0 Å². The summed E-state index contributed by atoms with van der Waals surface area (Å²) < 4.78 is 0. The third kappa shape index (κ3) is 5.20. The van der Waals surface area contributed by atoms with Gasteiger partial charge in [0, 0.05) is 57.1 Å². The van der Waals surface area contributed by atoms with Crippen LogP contribution in [0.1, 0.15) is 28.8 Å². The number of aryl methyl sites for hydroxylation is 1. The van der Waals surface area contributed by atoms with Gasteiger partial charge in [0.2, 0.25) is 5.91 Å². The van der Waals surface area contributed by atoms with Gasteiger partial charge in [-0.25, -0.2) is 4.79 Å². The van der Waals surface area contributed by atoms with Gasteiger partial charge in [0.25, 0.3) is 0 Å². The SMILES string of the molecule is Cc1cc(C(N)=O)ccc1NC(=O)N1CCCC(CN2CCN(C)CC2)C1. The van der Waals surface area contributed by atoms with Crippen LogP contribution in [0.2, 0.25) is 0 Å². The number of carbonyl (C=O) groups is 2. The Morgan fingerprint density at radius 1 is 1.19 bits per heavy atom. The lowest BCUT2D eigenvalue weighted by Gasteiger charge is -2.38. The fraction of sp³-hybridized carbons (Fsp3) is 0.600. The first-order valence-corrected chi connectivity index (χ1v) is 9.79. The van der Waals surface area contributed by atoms with Crippen molar-refractivity contribution in [3.05, 3.63) is 29.3 Å². The van der Waals surface area contributed by atoms with Crippen LogP contribution >= 0.6 is 0 Å². The second-order valence-electron chi connectivity index (χ2n) is 7.88. The number of amides is 3. The highest BCUT2D eigenvalue weighted by atomic mass is 16.2. The molecule has 1 aromatic rings. The zero-order chi connectivity index (χ0) is 19.4. The molecule has 1 atom stereocenters. The van der Waals surface area contributed by atoms with Gasteiger partial charge in [-0.1, -0.05) is 0 Å². The van der Waals surface area contributed by atoms with Crippen molar-refractivity contribution < 1.29 is 9.59 Å². The third-order valence-corrected chi connectivity index (χ3v) is 5.67. The third-order valence-electron chi connectivity index (χ3n) is 5.67. The molecule has 1 aromatic carbocycles. The van der Waals surface area contributed by atoms with Gasteiger partial charge >= 0.3 is 6.03 Å². The van der Waals surface area contributed by atoms with Crippen molar-refractivity contribution in [1.29, 1.82) is 0 Å². The molecule has 2 heterocycles. The summed E-state index contributed by atoms with van der Waals surface area (Å²) in [4.78, 5) is 30.8. The van der Waals surface area contributed by atoms with Crippen LogP contribution in [0, 0.1) is 12.8 Å². The second kappa shape index (κ2) is 8.71. The molecule has 148 valence electrons.